The maximum Gasteiger partial charge on any atom is 0.255 e. The van der Waals surface area contributed by atoms with E-state index in [1.54, 1.807) is 60.7 Å². The highest BCUT2D eigenvalue weighted by Gasteiger charge is 2.22. The van der Waals surface area contributed by atoms with Crippen molar-refractivity contribution in [2.75, 3.05) is 19.5 Å². The van der Waals surface area contributed by atoms with Crippen LogP contribution in [0.3, 0.4) is 0 Å². The van der Waals surface area contributed by atoms with Gasteiger partial charge < -0.3 is 10.1 Å². The molecule has 0 saturated carbocycles. The van der Waals surface area contributed by atoms with Gasteiger partial charge >= 0.3 is 0 Å². The summed E-state index contributed by atoms with van der Waals surface area (Å²) in [5.41, 5.74) is 1.68. The summed E-state index contributed by atoms with van der Waals surface area (Å²) in [7, 11) is -0.660. The van der Waals surface area contributed by atoms with Gasteiger partial charge in [-0.05, 0) is 42.5 Å². The minimum Gasteiger partial charge on any atom is -0.496 e. The Labute approximate surface area is 170 Å². The number of carbonyl (C=O) groups is 1. The van der Waals surface area contributed by atoms with Gasteiger partial charge in [0.2, 0.25) is 10.0 Å². The second kappa shape index (κ2) is 8.89. The number of para-hydroxylation sites is 1. The molecule has 3 aromatic carbocycles. The molecule has 29 heavy (non-hydrogen) atoms. The topological polar surface area (TPSA) is 75.7 Å². The van der Waals surface area contributed by atoms with Gasteiger partial charge in [-0.3, -0.25) is 4.79 Å². The molecule has 0 aliphatic carbocycles. The molecular formula is C22H22N2O4S. The lowest BCUT2D eigenvalue weighted by Crippen LogP contribution is -2.27. The van der Waals surface area contributed by atoms with Crippen molar-refractivity contribution in [2.24, 2.45) is 0 Å². The van der Waals surface area contributed by atoms with Crippen LogP contribution in [0, 0.1) is 0 Å². The van der Waals surface area contributed by atoms with Gasteiger partial charge in [-0.15, -0.1) is 0 Å². The molecule has 0 unspecified atom stereocenters. The van der Waals surface area contributed by atoms with E-state index >= 15 is 0 Å². The van der Waals surface area contributed by atoms with E-state index in [9.17, 15) is 13.2 Å². The van der Waals surface area contributed by atoms with Gasteiger partial charge in [0.05, 0.1) is 12.0 Å². The van der Waals surface area contributed by atoms with Crippen LogP contribution in [0.15, 0.2) is 83.8 Å². The summed E-state index contributed by atoms with van der Waals surface area (Å²) < 4.78 is 32.2. The van der Waals surface area contributed by atoms with Crippen molar-refractivity contribution in [2.45, 2.75) is 11.4 Å². The lowest BCUT2D eigenvalue weighted by Gasteiger charge is -2.19. The molecular weight excluding hydrogens is 388 g/mol. The highest BCUT2D eigenvalue weighted by atomic mass is 32.2. The van der Waals surface area contributed by atoms with Gasteiger partial charge in [-0.1, -0.05) is 36.4 Å². The number of carbonyl (C=O) groups excluding carboxylic acids is 1. The van der Waals surface area contributed by atoms with E-state index < -0.39 is 10.0 Å². The molecule has 0 spiro atoms. The summed E-state index contributed by atoms with van der Waals surface area (Å²) in [6, 6.07) is 22.3. The fourth-order valence-corrected chi connectivity index (χ4v) is 4.04. The third-order valence-electron chi connectivity index (χ3n) is 4.42. The second-order valence-corrected chi connectivity index (χ2v) is 8.47. The molecule has 0 aliphatic rings. The van der Waals surface area contributed by atoms with E-state index in [4.69, 9.17) is 4.74 Å². The van der Waals surface area contributed by atoms with Gasteiger partial charge in [0.25, 0.3) is 5.91 Å². The van der Waals surface area contributed by atoms with Crippen molar-refractivity contribution in [1.29, 1.82) is 0 Å². The Bertz CT molecular complexity index is 1080. The van der Waals surface area contributed by atoms with Crippen LogP contribution in [0.2, 0.25) is 0 Å². The van der Waals surface area contributed by atoms with E-state index in [0.29, 0.717) is 22.6 Å². The summed E-state index contributed by atoms with van der Waals surface area (Å²) in [6.45, 7) is 0.0624. The van der Waals surface area contributed by atoms with Crippen LogP contribution >= 0.6 is 0 Å². The molecule has 1 N–H and O–H groups in total. The van der Waals surface area contributed by atoms with Crippen molar-refractivity contribution >= 4 is 21.6 Å². The first-order chi connectivity index (χ1) is 13.9. The van der Waals surface area contributed by atoms with Crippen molar-refractivity contribution in [3.05, 3.63) is 90.0 Å². The zero-order chi connectivity index (χ0) is 20.9. The maximum atomic E-state index is 12.8. The van der Waals surface area contributed by atoms with Crippen molar-refractivity contribution < 1.29 is 17.9 Å². The molecule has 0 fully saturated rings. The van der Waals surface area contributed by atoms with Gasteiger partial charge in [-0.2, -0.15) is 4.31 Å². The first kappa shape index (κ1) is 20.6. The lowest BCUT2D eigenvalue weighted by atomic mass is 10.1. The van der Waals surface area contributed by atoms with Crippen molar-refractivity contribution in [3.63, 3.8) is 0 Å². The largest absolute Gasteiger partial charge is 0.496 e. The number of nitrogens with zero attached hydrogens (tertiary/aromatic N) is 1. The minimum absolute atomic E-state index is 0.0624. The number of ether oxygens (including phenoxy) is 1. The first-order valence-electron chi connectivity index (χ1n) is 8.96. The highest BCUT2D eigenvalue weighted by Crippen LogP contribution is 2.24. The summed E-state index contributed by atoms with van der Waals surface area (Å²) in [5.74, 6) is 0.227. The summed E-state index contributed by atoms with van der Waals surface area (Å²) >= 11 is 0. The van der Waals surface area contributed by atoms with Gasteiger partial charge in [0.15, 0.2) is 0 Å². The average molecular weight is 410 g/mol. The molecule has 3 aromatic rings. The normalized spacial score (nSPS) is 11.3. The fourth-order valence-electron chi connectivity index (χ4n) is 2.87. The number of hydrogen-bond donors (Lipinski definition) is 1. The molecule has 0 heterocycles. The number of anilines is 1. The molecule has 150 valence electrons. The molecule has 1 amide bonds. The Morgan fingerprint density at radius 2 is 1.59 bits per heavy atom. The Morgan fingerprint density at radius 3 is 2.21 bits per heavy atom. The molecule has 7 heteroatoms. The van der Waals surface area contributed by atoms with E-state index in [-0.39, 0.29) is 17.3 Å². The Morgan fingerprint density at radius 1 is 0.966 bits per heavy atom. The van der Waals surface area contributed by atoms with Gasteiger partial charge in [0.1, 0.15) is 5.75 Å². The predicted molar refractivity (Wildman–Crippen MR) is 112 cm³/mol. The van der Waals surface area contributed by atoms with E-state index in [0.717, 1.165) is 0 Å². The third kappa shape index (κ3) is 4.82. The zero-order valence-corrected chi connectivity index (χ0v) is 17.0. The number of benzene rings is 3. The highest BCUT2D eigenvalue weighted by molar-refractivity contribution is 7.89. The molecule has 0 aliphatic heterocycles. The zero-order valence-electron chi connectivity index (χ0n) is 16.2. The van der Waals surface area contributed by atoms with Crippen LogP contribution in [0.5, 0.6) is 5.75 Å². The smallest absolute Gasteiger partial charge is 0.255 e. The number of rotatable bonds is 7. The quantitative estimate of drug-likeness (QED) is 0.643. The van der Waals surface area contributed by atoms with Crippen LogP contribution in [0.1, 0.15) is 15.9 Å². The number of methoxy groups -OCH3 is 1. The molecule has 0 bridgehead atoms. The van der Waals surface area contributed by atoms with Crippen LogP contribution in [-0.4, -0.2) is 32.8 Å². The summed E-state index contributed by atoms with van der Waals surface area (Å²) in [4.78, 5) is 12.8. The molecule has 0 radical (unpaired) electrons. The standard InChI is InChI=1S/C22H22N2O4S/c1-24(29(26,27)20-11-7-4-8-12-20)16-18-15-17(13-14-21(18)28-2)22(25)23-19-9-5-3-6-10-19/h3-15H,16H2,1-2H3,(H,23,25). The molecule has 0 aromatic heterocycles. The third-order valence-corrected chi connectivity index (χ3v) is 6.24. The number of hydrogen-bond acceptors (Lipinski definition) is 4. The first-order valence-corrected chi connectivity index (χ1v) is 10.4. The number of sulfonamides is 1. The van der Waals surface area contributed by atoms with E-state index in [1.165, 1.54) is 18.5 Å². The van der Waals surface area contributed by atoms with Crippen LogP contribution in [0.4, 0.5) is 5.69 Å². The van der Waals surface area contributed by atoms with E-state index in [1.807, 2.05) is 18.2 Å². The van der Waals surface area contributed by atoms with Gasteiger partial charge in [0, 0.05) is 30.4 Å². The number of nitrogens with one attached hydrogen (secondary N) is 1. The SMILES string of the molecule is COc1ccc(C(=O)Nc2ccccc2)cc1CN(C)S(=O)(=O)c1ccccc1. The molecule has 3 rings (SSSR count). The second-order valence-electron chi connectivity index (χ2n) is 6.42. The average Bonchev–Trinajstić information content (AvgIpc) is 2.75. The molecule has 0 saturated heterocycles. The summed E-state index contributed by atoms with van der Waals surface area (Å²) in [6.07, 6.45) is 0. The fraction of sp³-hybridized carbons (Fsp3) is 0.136. The van der Waals surface area contributed by atoms with Crippen molar-refractivity contribution in [1.82, 2.24) is 4.31 Å². The van der Waals surface area contributed by atoms with Crippen LogP contribution < -0.4 is 10.1 Å². The number of amides is 1. The van der Waals surface area contributed by atoms with Gasteiger partial charge in [-0.25, -0.2) is 8.42 Å². The maximum absolute atomic E-state index is 12.8. The Balaban J connectivity index is 1.85. The van der Waals surface area contributed by atoms with Crippen LogP contribution in [-0.2, 0) is 16.6 Å². The molecule has 0 atom stereocenters. The minimum atomic E-state index is -3.67. The Kier molecular flexibility index (Phi) is 6.31. The monoisotopic (exact) mass is 410 g/mol. The molecule has 6 nitrogen and oxygen atoms in total. The van der Waals surface area contributed by atoms with E-state index in [2.05, 4.69) is 5.32 Å². The van der Waals surface area contributed by atoms with Crippen LogP contribution in [0.25, 0.3) is 0 Å². The predicted octanol–water partition coefficient (Wildman–Crippen LogP) is 3.77. The lowest BCUT2D eigenvalue weighted by molar-refractivity contribution is 0.102. The Hall–Kier alpha value is -3.16. The van der Waals surface area contributed by atoms with Crippen molar-refractivity contribution in [3.8, 4) is 5.75 Å². The summed E-state index contributed by atoms with van der Waals surface area (Å²) in [5, 5.41) is 2.82.